The lowest BCUT2D eigenvalue weighted by molar-refractivity contribution is -0.118. The average Bonchev–Trinajstić information content (AvgIpc) is 3.21. The van der Waals surface area contributed by atoms with Gasteiger partial charge in [0.05, 0.1) is 27.3 Å². The average molecular weight is 450 g/mol. The molecule has 0 aliphatic heterocycles. The highest BCUT2D eigenvalue weighted by Crippen LogP contribution is 2.31. The second-order valence-electron chi connectivity index (χ2n) is 5.80. The third-order valence-corrected chi connectivity index (χ3v) is 4.60. The van der Waals surface area contributed by atoms with Crippen LogP contribution in [0.3, 0.4) is 0 Å². The lowest BCUT2D eigenvalue weighted by Crippen LogP contribution is -2.21. The van der Waals surface area contributed by atoms with E-state index in [1.54, 1.807) is 30.3 Å². The van der Waals surface area contributed by atoms with Gasteiger partial charge < -0.3 is 10.1 Å². The molecule has 11 heteroatoms. The molecule has 0 aliphatic rings. The number of amides is 1. The number of ether oxygens (including phenoxy) is 1. The number of nitrogens with zero attached hydrogens (tertiary/aromatic N) is 5. The molecule has 8 nitrogen and oxygen atoms in total. The Kier molecular flexibility index (Phi) is 5.48. The van der Waals surface area contributed by atoms with Gasteiger partial charge in [0.2, 0.25) is 5.88 Å². The van der Waals surface area contributed by atoms with Crippen LogP contribution in [-0.2, 0) is 4.79 Å². The van der Waals surface area contributed by atoms with Crippen molar-refractivity contribution in [2.24, 2.45) is 0 Å². The Bertz CT molecular complexity index is 1200. The fraction of sp³-hybridized carbons (Fsp3) is 0.0556. The molecule has 2 heterocycles. The molecule has 0 bridgehead atoms. The summed E-state index contributed by atoms with van der Waals surface area (Å²) in [5.74, 6) is -0.231. The molecule has 4 rings (SSSR count). The van der Waals surface area contributed by atoms with Crippen molar-refractivity contribution in [3.05, 3.63) is 64.4 Å². The maximum Gasteiger partial charge on any atom is 0.262 e. The van der Waals surface area contributed by atoms with E-state index in [1.165, 1.54) is 23.7 Å². The first kappa shape index (κ1) is 19.4. The number of hydrogen-bond acceptors (Lipinski definition) is 6. The normalized spacial score (nSPS) is 10.9. The molecule has 1 N–H and O–H groups in total. The van der Waals surface area contributed by atoms with Crippen molar-refractivity contribution in [2.45, 2.75) is 0 Å². The Morgan fingerprint density at radius 3 is 2.72 bits per heavy atom. The predicted molar refractivity (Wildman–Crippen MR) is 110 cm³/mol. The van der Waals surface area contributed by atoms with Crippen LogP contribution in [0, 0.1) is 0 Å². The van der Waals surface area contributed by atoms with E-state index in [4.69, 9.17) is 39.5 Å². The zero-order valence-electron chi connectivity index (χ0n) is 14.5. The third-order valence-electron chi connectivity index (χ3n) is 3.86. The summed E-state index contributed by atoms with van der Waals surface area (Å²) >= 11 is 18.3. The first-order chi connectivity index (χ1) is 14.0. The minimum Gasteiger partial charge on any atom is -0.467 e. The molecule has 0 aliphatic carbocycles. The number of nitrogens with one attached hydrogen (secondary N) is 1. The van der Waals surface area contributed by atoms with E-state index in [0.29, 0.717) is 37.3 Å². The number of fused-ring (bicyclic) bond motifs is 1. The second kappa shape index (κ2) is 8.20. The summed E-state index contributed by atoms with van der Waals surface area (Å²) in [6.07, 6.45) is 4.20. The number of carbonyl (C=O) groups is 1. The van der Waals surface area contributed by atoms with E-state index in [2.05, 4.69) is 25.4 Å². The van der Waals surface area contributed by atoms with Crippen molar-refractivity contribution < 1.29 is 9.53 Å². The highest BCUT2D eigenvalue weighted by atomic mass is 35.5. The molecule has 0 radical (unpaired) electrons. The number of carbonyl (C=O) groups excluding carboxylic acids is 1. The molecule has 1 amide bonds. The van der Waals surface area contributed by atoms with Crippen LogP contribution in [0.4, 0.5) is 5.69 Å². The van der Waals surface area contributed by atoms with Crippen LogP contribution in [-0.4, -0.2) is 37.2 Å². The van der Waals surface area contributed by atoms with Gasteiger partial charge >= 0.3 is 0 Å². The summed E-state index contributed by atoms with van der Waals surface area (Å²) < 4.78 is 7.08. The Hall–Kier alpha value is -2.94. The van der Waals surface area contributed by atoms with E-state index >= 15 is 0 Å². The van der Waals surface area contributed by atoms with E-state index in [0.717, 1.165) is 0 Å². The van der Waals surface area contributed by atoms with Crippen molar-refractivity contribution in [3.63, 3.8) is 0 Å². The number of rotatable bonds is 5. The molecule has 29 heavy (non-hydrogen) atoms. The van der Waals surface area contributed by atoms with Gasteiger partial charge in [-0.1, -0.05) is 34.8 Å². The summed E-state index contributed by atoms with van der Waals surface area (Å²) in [5, 5.41) is 8.54. The summed E-state index contributed by atoms with van der Waals surface area (Å²) in [5.41, 5.74) is 1.53. The van der Waals surface area contributed by atoms with Crippen molar-refractivity contribution in [1.82, 2.24) is 24.7 Å². The number of hydrogen-bond donors (Lipinski definition) is 1. The summed E-state index contributed by atoms with van der Waals surface area (Å²) in [6.45, 7) is -0.306. The van der Waals surface area contributed by atoms with Gasteiger partial charge in [0.1, 0.15) is 19.0 Å². The lowest BCUT2D eigenvalue weighted by atomic mass is 10.2. The quantitative estimate of drug-likeness (QED) is 0.491. The Labute approximate surface area is 179 Å². The second-order valence-corrected chi connectivity index (χ2v) is 7.08. The highest BCUT2D eigenvalue weighted by Gasteiger charge is 2.14. The molecule has 2 aromatic carbocycles. The fourth-order valence-corrected chi connectivity index (χ4v) is 3.36. The molecule has 2 aromatic heterocycles. The van der Waals surface area contributed by atoms with Gasteiger partial charge in [0.25, 0.3) is 5.91 Å². The number of anilines is 1. The molecule has 0 fully saturated rings. The SMILES string of the molecule is O=C(COc1ncnc2c(Cl)cc(Cl)cc12)Nc1cc(Cl)ccc1-n1cncn1. The van der Waals surface area contributed by atoms with Gasteiger partial charge in [0.15, 0.2) is 6.61 Å². The molecule has 4 aromatic rings. The number of benzene rings is 2. The van der Waals surface area contributed by atoms with E-state index in [-0.39, 0.29) is 12.5 Å². The van der Waals surface area contributed by atoms with E-state index in [1.807, 2.05) is 0 Å². The highest BCUT2D eigenvalue weighted by molar-refractivity contribution is 6.38. The van der Waals surface area contributed by atoms with Crippen molar-refractivity contribution in [2.75, 3.05) is 11.9 Å². The molecule has 0 unspecified atom stereocenters. The standard InChI is InChI=1S/C18H11Cl3N6O2/c19-10-1-2-15(27-9-22-7-25-27)14(5-10)26-16(28)6-29-18-12-3-11(20)4-13(21)17(12)23-8-24-18/h1-5,7-9H,6H2,(H,26,28). The topological polar surface area (TPSA) is 94.8 Å². The van der Waals surface area contributed by atoms with Crippen LogP contribution >= 0.6 is 34.8 Å². The monoisotopic (exact) mass is 448 g/mol. The largest absolute Gasteiger partial charge is 0.467 e. The van der Waals surface area contributed by atoms with Crippen molar-refractivity contribution >= 4 is 57.3 Å². The predicted octanol–water partition coefficient (Wildman–Crippen LogP) is 4.19. The summed E-state index contributed by atoms with van der Waals surface area (Å²) in [7, 11) is 0. The first-order valence-corrected chi connectivity index (χ1v) is 9.31. The smallest absolute Gasteiger partial charge is 0.262 e. The van der Waals surface area contributed by atoms with Crippen molar-refractivity contribution in [1.29, 1.82) is 0 Å². The molecular formula is C18H11Cl3N6O2. The van der Waals surface area contributed by atoms with Crippen molar-refractivity contribution in [3.8, 4) is 11.6 Å². The van der Waals surface area contributed by atoms with E-state index < -0.39 is 5.91 Å². The van der Waals surface area contributed by atoms with Crippen LogP contribution in [0.25, 0.3) is 16.6 Å². The maximum atomic E-state index is 12.5. The number of aromatic nitrogens is 5. The van der Waals surface area contributed by atoms with Gasteiger partial charge in [-0.3, -0.25) is 4.79 Å². The molecule has 0 saturated carbocycles. The van der Waals surface area contributed by atoms with E-state index in [9.17, 15) is 4.79 Å². The van der Waals surface area contributed by atoms with Gasteiger partial charge in [0, 0.05) is 10.0 Å². The Balaban J connectivity index is 1.54. The fourth-order valence-electron chi connectivity index (χ4n) is 2.64. The van der Waals surface area contributed by atoms with Crippen LogP contribution in [0.5, 0.6) is 5.88 Å². The maximum absolute atomic E-state index is 12.5. The zero-order chi connectivity index (χ0) is 20.4. The van der Waals surface area contributed by atoms with Crippen LogP contribution < -0.4 is 10.1 Å². The van der Waals surface area contributed by atoms with Gasteiger partial charge in [-0.15, -0.1) is 0 Å². The van der Waals surface area contributed by atoms with Crippen LogP contribution in [0.15, 0.2) is 49.3 Å². The van der Waals surface area contributed by atoms with Crippen LogP contribution in [0.2, 0.25) is 15.1 Å². The number of halogens is 3. The van der Waals surface area contributed by atoms with Gasteiger partial charge in [-0.25, -0.2) is 19.6 Å². The summed E-state index contributed by atoms with van der Waals surface area (Å²) in [4.78, 5) is 24.6. The Morgan fingerprint density at radius 2 is 1.93 bits per heavy atom. The minimum absolute atomic E-state index is 0.192. The molecule has 0 atom stereocenters. The molecular weight excluding hydrogens is 439 g/mol. The molecule has 0 saturated heterocycles. The minimum atomic E-state index is -0.423. The lowest BCUT2D eigenvalue weighted by Gasteiger charge is -2.12. The Morgan fingerprint density at radius 1 is 1.07 bits per heavy atom. The van der Waals surface area contributed by atoms with Crippen LogP contribution in [0.1, 0.15) is 0 Å². The zero-order valence-corrected chi connectivity index (χ0v) is 16.8. The molecule has 146 valence electrons. The van der Waals surface area contributed by atoms with Gasteiger partial charge in [-0.2, -0.15) is 5.10 Å². The summed E-state index contributed by atoms with van der Waals surface area (Å²) in [6, 6.07) is 8.20. The third kappa shape index (κ3) is 4.24. The van der Waals surface area contributed by atoms with Gasteiger partial charge in [-0.05, 0) is 30.3 Å². The first-order valence-electron chi connectivity index (χ1n) is 8.18. The molecule has 0 spiro atoms.